The number of terminal acetylenes is 1. The van der Waals surface area contributed by atoms with E-state index in [0.717, 1.165) is 0 Å². The van der Waals surface area contributed by atoms with Crippen LogP contribution in [0.4, 0.5) is 8.78 Å². The molecule has 0 heterocycles. The smallest absolute Gasteiger partial charge is 0.339 e. The molecule has 0 bridgehead atoms. The third-order valence-electron chi connectivity index (χ3n) is 1.56. The zero-order chi connectivity index (χ0) is 11.4. The van der Waals surface area contributed by atoms with Gasteiger partial charge in [-0.15, -0.1) is 6.42 Å². The fraction of sp³-hybridized carbons (Fsp3) is 0.100. The summed E-state index contributed by atoms with van der Waals surface area (Å²) >= 11 is 0. The van der Waals surface area contributed by atoms with E-state index < -0.39 is 23.2 Å². The SMILES string of the molecule is C#CCOc1cc(F)c(F)cc1C(=O)O. The molecule has 0 radical (unpaired) electrons. The van der Waals surface area contributed by atoms with Crippen molar-refractivity contribution >= 4 is 5.97 Å². The summed E-state index contributed by atoms with van der Waals surface area (Å²) in [5.41, 5.74) is -0.468. The molecule has 0 saturated carbocycles. The standard InChI is InChI=1S/C10H6F2O3/c1-2-3-15-9-5-8(12)7(11)4-6(9)10(13)14/h1,4-5H,3H2,(H,13,14). The first-order chi connectivity index (χ1) is 7.06. The molecule has 3 nitrogen and oxygen atoms in total. The van der Waals surface area contributed by atoms with Gasteiger partial charge in [0.15, 0.2) is 11.6 Å². The number of carboxylic acids is 1. The lowest BCUT2D eigenvalue weighted by molar-refractivity contribution is 0.0692. The van der Waals surface area contributed by atoms with Gasteiger partial charge >= 0.3 is 5.97 Å². The third-order valence-corrected chi connectivity index (χ3v) is 1.56. The van der Waals surface area contributed by atoms with E-state index in [-0.39, 0.29) is 12.4 Å². The van der Waals surface area contributed by atoms with Crippen molar-refractivity contribution in [2.75, 3.05) is 6.61 Å². The number of hydrogen-bond donors (Lipinski definition) is 1. The Hall–Kier alpha value is -2.09. The van der Waals surface area contributed by atoms with Gasteiger partial charge in [-0.05, 0) is 6.07 Å². The molecule has 0 aromatic heterocycles. The lowest BCUT2D eigenvalue weighted by Gasteiger charge is -2.06. The molecule has 0 amide bonds. The normalized spacial score (nSPS) is 9.40. The molecule has 1 aromatic carbocycles. The molecule has 0 aliphatic rings. The molecule has 0 fully saturated rings. The Morgan fingerprint density at radius 1 is 1.47 bits per heavy atom. The van der Waals surface area contributed by atoms with Crippen molar-refractivity contribution < 1.29 is 23.4 Å². The molecule has 1 aromatic rings. The van der Waals surface area contributed by atoms with Crippen molar-refractivity contribution in [1.82, 2.24) is 0 Å². The second kappa shape index (κ2) is 4.42. The number of carbonyl (C=O) groups is 1. The Morgan fingerprint density at radius 2 is 2.07 bits per heavy atom. The molecule has 0 saturated heterocycles. The summed E-state index contributed by atoms with van der Waals surface area (Å²) < 4.78 is 30.2. The Bertz CT molecular complexity index is 435. The van der Waals surface area contributed by atoms with Gasteiger partial charge in [0, 0.05) is 6.07 Å². The highest BCUT2D eigenvalue weighted by Gasteiger charge is 2.16. The molecule has 5 heteroatoms. The Balaban J connectivity index is 3.17. The Kier molecular flexibility index (Phi) is 3.24. The number of hydrogen-bond acceptors (Lipinski definition) is 2. The predicted octanol–water partition coefficient (Wildman–Crippen LogP) is 1.68. The average molecular weight is 212 g/mol. The maximum absolute atomic E-state index is 12.8. The van der Waals surface area contributed by atoms with E-state index in [4.69, 9.17) is 16.3 Å². The number of halogens is 2. The number of carboxylic acid groups (broad SMARTS) is 1. The molecular weight excluding hydrogens is 206 g/mol. The van der Waals surface area contributed by atoms with Crippen LogP contribution in [0.1, 0.15) is 10.4 Å². The zero-order valence-corrected chi connectivity index (χ0v) is 7.46. The van der Waals surface area contributed by atoms with Gasteiger partial charge < -0.3 is 9.84 Å². The first-order valence-electron chi connectivity index (χ1n) is 3.85. The molecule has 78 valence electrons. The summed E-state index contributed by atoms with van der Waals surface area (Å²) in [6.07, 6.45) is 4.88. The van der Waals surface area contributed by atoms with E-state index in [9.17, 15) is 13.6 Å². The van der Waals surface area contributed by atoms with Crippen LogP contribution in [0.5, 0.6) is 5.75 Å². The quantitative estimate of drug-likeness (QED) is 0.775. The Morgan fingerprint density at radius 3 is 2.60 bits per heavy atom. The van der Waals surface area contributed by atoms with E-state index in [0.29, 0.717) is 12.1 Å². The lowest BCUT2D eigenvalue weighted by atomic mass is 10.2. The van der Waals surface area contributed by atoms with E-state index in [1.54, 1.807) is 0 Å². The van der Waals surface area contributed by atoms with Gasteiger partial charge in [0.05, 0.1) is 0 Å². The van der Waals surface area contributed by atoms with Gasteiger partial charge in [0.25, 0.3) is 0 Å². The number of aromatic carboxylic acids is 1. The molecule has 0 unspecified atom stereocenters. The van der Waals surface area contributed by atoms with Crippen LogP contribution in [-0.4, -0.2) is 17.7 Å². The van der Waals surface area contributed by atoms with Crippen LogP contribution in [0.15, 0.2) is 12.1 Å². The largest absolute Gasteiger partial charge is 0.480 e. The number of rotatable bonds is 3. The van der Waals surface area contributed by atoms with Crippen molar-refractivity contribution in [2.24, 2.45) is 0 Å². The van der Waals surface area contributed by atoms with Crippen LogP contribution in [0, 0.1) is 24.0 Å². The summed E-state index contributed by atoms with van der Waals surface area (Å²) in [7, 11) is 0. The van der Waals surface area contributed by atoms with Gasteiger partial charge in [-0.25, -0.2) is 13.6 Å². The van der Waals surface area contributed by atoms with E-state index in [1.807, 2.05) is 0 Å². The second-order valence-electron chi connectivity index (χ2n) is 2.56. The molecule has 0 spiro atoms. The van der Waals surface area contributed by atoms with Gasteiger partial charge in [-0.1, -0.05) is 5.92 Å². The summed E-state index contributed by atoms with van der Waals surface area (Å²) in [6, 6.07) is 1.19. The maximum atomic E-state index is 12.8. The fourth-order valence-electron chi connectivity index (χ4n) is 0.935. The minimum Gasteiger partial charge on any atom is -0.480 e. The molecule has 1 N–H and O–H groups in total. The topological polar surface area (TPSA) is 46.5 Å². The number of benzene rings is 1. The van der Waals surface area contributed by atoms with Gasteiger partial charge in [-0.2, -0.15) is 0 Å². The number of ether oxygens (including phenoxy) is 1. The van der Waals surface area contributed by atoms with E-state index in [2.05, 4.69) is 5.92 Å². The van der Waals surface area contributed by atoms with Crippen LogP contribution in [0.25, 0.3) is 0 Å². The summed E-state index contributed by atoms with van der Waals surface area (Å²) in [5, 5.41) is 8.66. The Labute approximate surface area is 84.3 Å². The molecule has 15 heavy (non-hydrogen) atoms. The highest BCUT2D eigenvalue weighted by atomic mass is 19.2. The van der Waals surface area contributed by atoms with Gasteiger partial charge in [0.1, 0.15) is 17.9 Å². The third kappa shape index (κ3) is 2.44. The van der Waals surface area contributed by atoms with E-state index >= 15 is 0 Å². The molecule has 1 rings (SSSR count). The maximum Gasteiger partial charge on any atom is 0.339 e. The summed E-state index contributed by atoms with van der Waals surface area (Å²) in [6.45, 7) is -0.217. The monoisotopic (exact) mass is 212 g/mol. The van der Waals surface area contributed by atoms with Crippen molar-refractivity contribution in [3.63, 3.8) is 0 Å². The van der Waals surface area contributed by atoms with Crippen molar-refractivity contribution in [1.29, 1.82) is 0 Å². The summed E-state index contributed by atoms with van der Waals surface area (Å²) in [5.74, 6) is -2.06. The molecule has 0 aliphatic carbocycles. The van der Waals surface area contributed by atoms with Gasteiger partial charge in [0.2, 0.25) is 0 Å². The highest BCUT2D eigenvalue weighted by Crippen LogP contribution is 2.22. The minimum absolute atomic E-state index is 0.217. The first-order valence-corrected chi connectivity index (χ1v) is 3.85. The van der Waals surface area contributed by atoms with Gasteiger partial charge in [-0.3, -0.25) is 0 Å². The minimum atomic E-state index is -1.42. The van der Waals surface area contributed by atoms with Crippen molar-refractivity contribution in [3.05, 3.63) is 29.3 Å². The lowest BCUT2D eigenvalue weighted by Crippen LogP contribution is -2.05. The van der Waals surface area contributed by atoms with E-state index in [1.165, 1.54) is 0 Å². The van der Waals surface area contributed by atoms with Crippen LogP contribution >= 0.6 is 0 Å². The first kappa shape index (κ1) is 11.0. The van der Waals surface area contributed by atoms with Crippen LogP contribution < -0.4 is 4.74 Å². The van der Waals surface area contributed by atoms with Crippen molar-refractivity contribution in [2.45, 2.75) is 0 Å². The van der Waals surface area contributed by atoms with Crippen molar-refractivity contribution in [3.8, 4) is 18.1 Å². The summed E-state index contributed by atoms with van der Waals surface area (Å²) in [4.78, 5) is 10.6. The van der Waals surface area contributed by atoms with Crippen LogP contribution in [0.3, 0.4) is 0 Å². The molecular formula is C10H6F2O3. The molecule has 0 aliphatic heterocycles. The van der Waals surface area contributed by atoms with Crippen LogP contribution in [0.2, 0.25) is 0 Å². The van der Waals surface area contributed by atoms with Crippen LogP contribution in [-0.2, 0) is 0 Å². The molecule has 0 atom stereocenters. The predicted molar refractivity (Wildman–Crippen MR) is 47.6 cm³/mol. The average Bonchev–Trinajstić information content (AvgIpc) is 2.19. The zero-order valence-electron chi connectivity index (χ0n) is 7.46. The second-order valence-corrected chi connectivity index (χ2v) is 2.56. The highest BCUT2D eigenvalue weighted by molar-refractivity contribution is 5.90. The fourth-order valence-corrected chi connectivity index (χ4v) is 0.935.